The quantitative estimate of drug-likeness (QED) is 0.667. The Morgan fingerprint density at radius 3 is 2.81 bits per heavy atom. The molecule has 6 heteroatoms. The maximum atomic E-state index is 11.1. The van der Waals surface area contributed by atoms with Crippen LogP contribution in [0.15, 0.2) is 18.2 Å². The molecule has 0 atom stereocenters. The number of hydrogen-bond acceptors (Lipinski definition) is 5. The Bertz CT molecular complexity index is 517. The number of nitrogens with zero attached hydrogens (tertiary/aromatic N) is 2. The molecule has 1 fully saturated rings. The van der Waals surface area contributed by atoms with E-state index in [9.17, 15) is 10.1 Å². The zero-order valence-corrected chi connectivity index (χ0v) is 12.9. The molecule has 116 valence electrons. The first-order valence-electron chi connectivity index (χ1n) is 7.34. The molecule has 1 aromatic carbocycles. The molecule has 0 aromatic heterocycles. The minimum absolute atomic E-state index is 0.0768. The number of nitro benzene ring substituents is 1. The fourth-order valence-corrected chi connectivity index (χ4v) is 2.59. The second kappa shape index (κ2) is 6.30. The van der Waals surface area contributed by atoms with E-state index in [1.807, 2.05) is 13.0 Å². The standard InChI is InChI=1S/C15H23N3O3/c1-4-7-21-14-9-12(8-13(10-14)18(19)20)17-6-5-16-11-15(17,2)3/h8-10,16H,4-7,11H2,1-3H3. The number of anilines is 1. The lowest BCUT2D eigenvalue weighted by atomic mass is 9.99. The maximum absolute atomic E-state index is 11.1. The fourth-order valence-electron chi connectivity index (χ4n) is 2.59. The van der Waals surface area contributed by atoms with Crippen molar-refractivity contribution in [3.05, 3.63) is 28.3 Å². The highest BCUT2D eigenvalue weighted by Gasteiger charge is 2.30. The van der Waals surface area contributed by atoms with Crippen LogP contribution in [0, 0.1) is 10.1 Å². The average Bonchev–Trinajstić information content (AvgIpc) is 2.44. The van der Waals surface area contributed by atoms with Crippen molar-refractivity contribution in [3.8, 4) is 5.75 Å². The third-order valence-electron chi connectivity index (χ3n) is 3.67. The summed E-state index contributed by atoms with van der Waals surface area (Å²) in [5.41, 5.74) is 0.838. The van der Waals surface area contributed by atoms with E-state index >= 15 is 0 Å². The zero-order chi connectivity index (χ0) is 15.5. The van der Waals surface area contributed by atoms with E-state index in [1.54, 1.807) is 6.07 Å². The van der Waals surface area contributed by atoms with Crippen LogP contribution in [0.5, 0.6) is 5.75 Å². The van der Waals surface area contributed by atoms with Gasteiger partial charge in [0.1, 0.15) is 5.75 Å². The van der Waals surface area contributed by atoms with Crippen molar-refractivity contribution in [1.82, 2.24) is 5.32 Å². The lowest BCUT2D eigenvalue weighted by molar-refractivity contribution is -0.384. The molecule has 0 saturated carbocycles. The number of nitrogens with one attached hydrogen (secondary N) is 1. The van der Waals surface area contributed by atoms with Crippen molar-refractivity contribution in [1.29, 1.82) is 0 Å². The SMILES string of the molecule is CCCOc1cc(N2CCNCC2(C)C)cc([N+](=O)[O-])c1. The molecule has 2 rings (SSSR count). The summed E-state index contributed by atoms with van der Waals surface area (Å²) in [6.07, 6.45) is 0.872. The summed E-state index contributed by atoms with van der Waals surface area (Å²) in [7, 11) is 0. The molecule has 1 saturated heterocycles. The molecule has 6 nitrogen and oxygen atoms in total. The van der Waals surface area contributed by atoms with Gasteiger partial charge in [0, 0.05) is 43.0 Å². The predicted octanol–water partition coefficient (Wildman–Crippen LogP) is 2.57. The minimum Gasteiger partial charge on any atom is -0.493 e. The molecule has 1 N–H and O–H groups in total. The van der Waals surface area contributed by atoms with E-state index in [0.29, 0.717) is 12.4 Å². The first kappa shape index (κ1) is 15.6. The number of non-ortho nitro benzene ring substituents is 1. The van der Waals surface area contributed by atoms with Crippen molar-refractivity contribution in [2.45, 2.75) is 32.7 Å². The number of ether oxygens (including phenoxy) is 1. The second-order valence-corrected chi connectivity index (χ2v) is 5.93. The monoisotopic (exact) mass is 293 g/mol. The molecule has 1 heterocycles. The Hall–Kier alpha value is -1.82. The number of nitro groups is 1. The fraction of sp³-hybridized carbons (Fsp3) is 0.600. The van der Waals surface area contributed by atoms with E-state index in [4.69, 9.17) is 4.74 Å². The van der Waals surface area contributed by atoms with Crippen molar-refractivity contribution in [2.75, 3.05) is 31.1 Å². The minimum atomic E-state index is -0.364. The van der Waals surface area contributed by atoms with Gasteiger partial charge in [-0.1, -0.05) is 6.92 Å². The number of rotatable bonds is 5. The number of hydrogen-bond donors (Lipinski definition) is 1. The third-order valence-corrected chi connectivity index (χ3v) is 3.67. The Morgan fingerprint density at radius 1 is 1.43 bits per heavy atom. The molecule has 0 unspecified atom stereocenters. The normalized spacial score (nSPS) is 17.6. The van der Waals surface area contributed by atoms with Crippen LogP contribution in [0.1, 0.15) is 27.2 Å². The van der Waals surface area contributed by atoms with Crippen LogP contribution in [0.4, 0.5) is 11.4 Å². The predicted molar refractivity (Wildman–Crippen MR) is 83.2 cm³/mol. The average molecular weight is 293 g/mol. The van der Waals surface area contributed by atoms with Crippen molar-refractivity contribution < 1.29 is 9.66 Å². The lowest BCUT2D eigenvalue weighted by Crippen LogP contribution is -2.58. The van der Waals surface area contributed by atoms with Gasteiger partial charge in [0.25, 0.3) is 5.69 Å². The van der Waals surface area contributed by atoms with Crippen LogP contribution in [-0.2, 0) is 0 Å². The molecule has 1 aromatic rings. The van der Waals surface area contributed by atoms with Crippen LogP contribution in [0.25, 0.3) is 0 Å². The first-order chi connectivity index (χ1) is 9.94. The summed E-state index contributed by atoms with van der Waals surface area (Å²) in [5.74, 6) is 0.565. The van der Waals surface area contributed by atoms with E-state index < -0.39 is 0 Å². The molecule has 0 spiro atoms. The Balaban J connectivity index is 2.36. The van der Waals surface area contributed by atoms with Crippen molar-refractivity contribution in [2.24, 2.45) is 0 Å². The zero-order valence-electron chi connectivity index (χ0n) is 12.9. The van der Waals surface area contributed by atoms with Gasteiger partial charge in [-0.3, -0.25) is 10.1 Å². The Labute approximate surface area is 125 Å². The topological polar surface area (TPSA) is 67.6 Å². The summed E-state index contributed by atoms with van der Waals surface area (Å²) in [6, 6.07) is 5.02. The maximum Gasteiger partial charge on any atom is 0.275 e. The molecule has 21 heavy (non-hydrogen) atoms. The summed E-state index contributed by atoms with van der Waals surface area (Å²) in [6.45, 7) is 9.37. The molecule has 0 amide bonds. The van der Waals surface area contributed by atoms with Gasteiger partial charge in [-0.25, -0.2) is 0 Å². The molecule has 0 bridgehead atoms. The van der Waals surface area contributed by atoms with Crippen LogP contribution < -0.4 is 15.0 Å². The van der Waals surface area contributed by atoms with Gasteiger partial charge in [0.2, 0.25) is 0 Å². The van der Waals surface area contributed by atoms with Crippen LogP contribution >= 0.6 is 0 Å². The van der Waals surface area contributed by atoms with E-state index in [0.717, 1.165) is 31.7 Å². The van der Waals surface area contributed by atoms with Gasteiger partial charge in [-0.2, -0.15) is 0 Å². The van der Waals surface area contributed by atoms with Crippen LogP contribution in [-0.4, -0.2) is 36.7 Å². The van der Waals surface area contributed by atoms with E-state index in [2.05, 4.69) is 24.1 Å². The van der Waals surface area contributed by atoms with Crippen LogP contribution in [0.2, 0.25) is 0 Å². The highest BCUT2D eigenvalue weighted by molar-refractivity contribution is 5.59. The molecular weight excluding hydrogens is 270 g/mol. The lowest BCUT2D eigenvalue weighted by Gasteiger charge is -2.44. The molecule has 0 radical (unpaired) electrons. The first-order valence-corrected chi connectivity index (χ1v) is 7.34. The Morgan fingerprint density at radius 2 is 2.19 bits per heavy atom. The molecule has 0 aliphatic carbocycles. The van der Waals surface area contributed by atoms with Gasteiger partial charge < -0.3 is 15.0 Å². The highest BCUT2D eigenvalue weighted by atomic mass is 16.6. The molecule has 1 aliphatic rings. The van der Waals surface area contributed by atoms with Gasteiger partial charge >= 0.3 is 0 Å². The second-order valence-electron chi connectivity index (χ2n) is 5.93. The van der Waals surface area contributed by atoms with Crippen molar-refractivity contribution in [3.63, 3.8) is 0 Å². The summed E-state index contributed by atoms with van der Waals surface area (Å²) in [4.78, 5) is 13.0. The molecular formula is C15H23N3O3. The molecule has 1 aliphatic heterocycles. The highest BCUT2D eigenvalue weighted by Crippen LogP contribution is 2.32. The smallest absolute Gasteiger partial charge is 0.275 e. The largest absolute Gasteiger partial charge is 0.493 e. The number of piperazine rings is 1. The van der Waals surface area contributed by atoms with E-state index in [-0.39, 0.29) is 16.1 Å². The summed E-state index contributed by atoms with van der Waals surface area (Å²) < 4.78 is 5.60. The van der Waals surface area contributed by atoms with Gasteiger partial charge in [0.05, 0.1) is 17.6 Å². The van der Waals surface area contributed by atoms with Crippen molar-refractivity contribution >= 4 is 11.4 Å². The van der Waals surface area contributed by atoms with E-state index in [1.165, 1.54) is 6.07 Å². The van der Waals surface area contributed by atoms with Gasteiger partial charge in [-0.05, 0) is 20.3 Å². The number of benzene rings is 1. The third kappa shape index (κ3) is 3.64. The van der Waals surface area contributed by atoms with Crippen LogP contribution in [0.3, 0.4) is 0 Å². The van der Waals surface area contributed by atoms with Gasteiger partial charge in [-0.15, -0.1) is 0 Å². The Kier molecular flexibility index (Phi) is 4.67. The summed E-state index contributed by atoms with van der Waals surface area (Å²) >= 11 is 0. The summed E-state index contributed by atoms with van der Waals surface area (Å²) in [5, 5.41) is 14.5. The van der Waals surface area contributed by atoms with Gasteiger partial charge in [0.15, 0.2) is 0 Å².